The fraction of sp³-hybridized carbons (Fsp3) is 1.00. The van der Waals surface area contributed by atoms with Gasteiger partial charge in [0.1, 0.15) is 0 Å². The molecule has 2 saturated carbocycles. The highest BCUT2D eigenvalue weighted by Crippen LogP contribution is 2.43. The van der Waals surface area contributed by atoms with Gasteiger partial charge in [-0.2, -0.15) is 0 Å². The maximum atomic E-state index is 10.5. The topological polar surface area (TPSA) is 56.3 Å². The molecule has 17 heavy (non-hydrogen) atoms. The molecule has 0 radical (unpaired) electrons. The average molecular weight is 241 g/mol. The third kappa shape index (κ3) is 2.01. The molecular weight excluding hydrogens is 214 g/mol. The Kier molecular flexibility index (Phi) is 4.08. The van der Waals surface area contributed by atoms with Crippen LogP contribution in [0.2, 0.25) is 0 Å². The SMILES string of the molecule is CNC1CC2CCCC(O)C2(NC)C(NC)C1. The van der Waals surface area contributed by atoms with Crippen LogP contribution in [0.15, 0.2) is 0 Å². The highest BCUT2D eigenvalue weighted by atomic mass is 16.3. The van der Waals surface area contributed by atoms with E-state index in [1.165, 1.54) is 12.8 Å². The number of aliphatic hydroxyl groups excluding tert-OH is 1. The number of hydrogen-bond donors (Lipinski definition) is 4. The van der Waals surface area contributed by atoms with Gasteiger partial charge in [-0.05, 0) is 52.7 Å². The van der Waals surface area contributed by atoms with Crippen LogP contribution in [0.25, 0.3) is 0 Å². The third-order valence-corrected chi connectivity index (χ3v) is 5.11. The van der Waals surface area contributed by atoms with Crippen LogP contribution in [0.4, 0.5) is 0 Å². The highest BCUT2D eigenvalue weighted by molar-refractivity contribution is 5.13. The van der Waals surface area contributed by atoms with Crippen LogP contribution in [0, 0.1) is 5.92 Å². The Balaban J connectivity index is 2.27. The predicted molar refractivity (Wildman–Crippen MR) is 70.1 cm³/mol. The van der Waals surface area contributed by atoms with Gasteiger partial charge in [0.2, 0.25) is 0 Å². The zero-order valence-electron chi connectivity index (χ0n) is 11.3. The van der Waals surface area contributed by atoms with E-state index in [1.807, 2.05) is 21.1 Å². The van der Waals surface area contributed by atoms with Gasteiger partial charge in [0.15, 0.2) is 0 Å². The van der Waals surface area contributed by atoms with E-state index in [4.69, 9.17) is 0 Å². The summed E-state index contributed by atoms with van der Waals surface area (Å²) in [7, 11) is 6.06. The zero-order chi connectivity index (χ0) is 12.5. The van der Waals surface area contributed by atoms with Crippen molar-refractivity contribution in [1.82, 2.24) is 16.0 Å². The molecule has 0 saturated heterocycles. The van der Waals surface area contributed by atoms with Gasteiger partial charge >= 0.3 is 0 Å². The van der Waals surface area contributed by atoms with Crippen molar-refractivity contribution < 1.29 is 5.11 Å². The lowest BCUT2D eigenvalue weighted by Gasteiger charge is -2.56. The van der Waals surface area contributed by atoms with Crippen molar-refractivity contribution in [3.05, 3.63) is 0 Å². The van der Waals surface area contributed by atoms with E-state index in [0.29, 0.717) is 18.0 Å². The Hall–Kier alpha value is -0.160. The summed E-state index contributed by atoms with van der Waals surface area (Å²) >= 11 is 0. The molecule has 4 heteroatoms. The van der Waals surface area contributed by atoms with E-state index in [-0.39, 0.29) is 11.6 Å². The summed E-state index contributed by atoms with van der Waals surface area (Å²) < 4.78 is 0. The molecule has 2 aliphatic rings. The molecule has 100 valence electrons. The molecule has 0 aromatic heterocycles. The molecule has 4 nitrogen and oxygen atoms in total. The molecule has 5 atom stereocenters. The quantitative estimate of drug-likeness (QED) is 0.565. The lowest BCUT2D eigenvalue weighted by atomic mass is 9.60. The van der Waals surface area contributed by atoms with E-state index in [2.05, 4.69) is 16.0 Å². The van der Waals surface area contributed by atoms with Crippen molar-refractivity contribution >= 4 is 0 Å². The van der Waals surface area contributed by atoms with Gasteiger partial charge in [-0.3, -0.25) is 0 Å². The van der Waals surface area contributed by atoms with Crippen LogP contribution >= 0.6 is 0 Å². The minimum atomic E-state index is -0.221. The predicted octanol–water partition coefficient (Wildman–Crippen LogP) is 0.0754. The summed E-state index contributed by atoms with van der Waals surface area (Å²) in [5.41, 5.74) is -0.125. The first-order valence-electron chi connectivity index (χ1n) is 6.90. The normalized spacial score (nSPS) is 46.6. The number of likely N-dealkylation sites (N-methyl/N-ethyl adjacent to an activating group) is 2. The largest absolute Gasteiger partial charge is 0.391 e. The van der Waals surface area contributed by atoms with Crippen LogP contribution in [-0.2, 0) is 0 Å². The van der Waals surface area contributed by atoms with Gasteiger partial charge in [-0.25, -0.2) is 0 Å². The molecule has 5 unspecified atom stereocenters. The minimum Gasteiger partial charge on any atom is -0.391 e. The van der Waals surface area contributed by atoms with Crippen molar-refractivity contribution in [1.29, 1.82) is 0 Å². The second kappa shape index (κ2) is 5.22. The first-order valence-corrected chi connectivity index (χ1v) is 6.90. The van der Waals surface area contributed by atoms with Crippen LogP contribution < -0.4 is 16.0 Å². The van der Waals surface area contributed by atoms with Gasteiger partial charge in [0, 0.05) is 12.1 Å². The van der Waals surface area contributed by atoms with Crippen molar-refractivity contribution in [2.24, 2.45) is 5.92 Å². The Morgan fingerprint density at radius 1 is 1.06 bits per heavy atom. The molecule has 2 fully saturated rings. The van der Waals surface area contributed by atoms with Gasteiger partial charge in [-0.1, -0.05) is 6.42 Å². The van der Waals surface area contributed by atoms with Crippen LogP contribution in [0.3, 0.4) is 0 Å². The van der Waals surface area contributed by atoms with E-state index < -0.39 is 0 Å². The summed E-state index contributed by atoms with van der Waals surface area (Å²) in [6.07, 6.45) is 5.35. The van der Waals surface area contributed by atoms with Gasteiger partial charge < -0.3 is 21.1 Å². The van der Waals surface area contributed by atoms with Crippen molar-refractivity contribution in [2.45, 2.75) is 55.8 Å². The van der Waals surface area contributed by atoms with Crippen molar-refractivity contribution in [2.75, 3.05) is 21.1 Å². The standard InChI is InChI=1S/C13H27N3O/c1-14-10-7-9-5-4-6-12(17)13(9,16-3)11(8-10)15-2/h9-12,14-17H,4-8H2,1-3H3. The van der Waals surface area contributed by atoms with Crippen molar-refractivity contribution in [3.63, 3.8) is 0 Å². The molecule has 0 aliphatic heterocycles. The van der Waals surface area contributed by atoms with Gasteiger partial charge in [0.05, 0.1) is 11.6 Å². The second-order valence-electron chi connectivity index (χ2n) is 5.62. The summed E-state index contributed by atoms with van der Waals surface area (Å²) in [6.45, 7) is 0. The summed E-state index contributed by atoms with van der Waals surface area (Å²) in [5, 5.41) is 20.8. The molecule has 0 spiro atoms. The lowest BCUT2D eigenvalue weighted by Crippen LogP contribution is -2.73. The summed E-state index contributed by atoms with van der Waals surface area (Å²) in [6, 6.07) is 0.920. The van der Waals surface area contributed by atoms with Gasteiger partial charge in [0.25, 0.3) is 0 Å². The summed E-state index contributed by atoms with van der Waals surface area (Å²) in [5.74, 6) is 0.569. The number of hydrogen-bond acceptors (Lipinski definition) is 4. The van der Waals surface area contributed by atoms with E-state index in [1.54, 1.807) is 0 Å². The average Bonchev–Trinajstić information content (AvgIpc) is 2.37. The Morgan fingerprint density at radius 2 is 1.82 bits per heavy atom. The first-order chi connectivity index (χ1) is 8.18. The maximum Gasteiger partial charge on any atom is 0.0739 e. The first kappa shape index (κ1) is 13.3. The number of nitrogens with one attached hydrogen (secondary N) is 3. The molecule has 2 aliphatic carbocycles. The summed E-state index contributed by atoms with van der Waals surface area (Å²) in [4.78, 5) is 0. The molecule has 0 heterocycles. The maximum absolute atomic E-state index is 10.5. The molecule has 0 aromatic carbocycles. The van der Waals surface area contributed by atoms with Gasteiger partial charge in [-0.15, -0.1) is 0 Å². The van der Waals surface area contributed by atoms with Crippen molar-refractivity contribution in [3.8, 4) is 0 Å². The Bertz CT molecular complexity index is 251. The Morgan fingerprint density at radius 3 is 2.41 bits per heavy atom. The monoisotopic (exact) mass is 241 g/mol. The third-order valence-electron chi connectivity index (χ3n) is 5.11. The molecule has 2 rings (SSSR count). The number of rotatable bonds is 3. The van der Waals surface area contributed by atoms with Crippen LogP contribution in [0.5, 0.6) is 0 Å². The number of fused-ring (bicyclic) bond motifs is 1. The molecule has 4 N–H and O–H groups in total. The van der Waals surface area contributed by atoms with E-state index in [0.717, 1.165) is 19.3 Å². The number of aliphatic hydroxyl groups is 1. The minimum absolute atomic E-state index is 0.125. The smallest absolute Gasteiger partial charge is 0.0739 e. The molecule has 0 bridgehead atoms. The lowest BCUT2D eigenvalue weighted by molar-refractivity contribution is -0.0582. The molecular formula is C13H27N3O. The van der Waals surface area contributed by atoms with Crippen LogP contribution in [0.1, 0.15) is 32.1 Å². The molecule has 0 amide bonds. The second-order valence-corrected chi connectivity index (χ2v) is 5.62. The molecule has 0 aromatic rings. The van der Waals surface area contributed by atoms with E-state index in [9.17, 15) is 5.11 Å². The fourth-order valence-corrected chi connectivity index (χ4v) is 4.19. The highest BCUT2D eigenvalue weighted by Gasteiger charge is 2.54. The van der Waals surface area contributed by atoms with Crippen LogP contribution in [-0.4, -0.2) is 50.0 Å². The Labute approximate surface area is 105 Å². The fourth-order valence-electron chi connectivity index (χ4n) is 4.19. The zero-order valence-corrected chi connectivity index (χ0v) is 11.3. The van der Waals surface area contributed by atoms with E-state index >= 15 is 0 Å².